The predicted molar refractivity (Wildman–Crippen MR) is 76.8 cm³/mol. The van der Waals surface area contributed by atoms with Crippen molar-refractivity contribution in [1.29, 1.82) is 0 Å². The molecule has 0 aromatic heterocycles. The number of hydrogen-bond donors (Lipinski definition) is 1. The highest BCUT2D eigenvalue weighted by Crippen LogP contribution is 2.42. The number of hydrogen-bond acceptors (Lipinski definition) is 3. The van der Waals surface area contributed by atoms with Gasteiger partial charge in [-0.2, -0.15) is 0 Å². The van der Waals surface area contributed by atoms with E-state index in [4.69, 9.17) is 9.84 Å². The minimum atomic E-state index is -0.669. The Labute approximate surface area is 121 Å². The molecule has 3 aliphatic rings. The molecule has 1 spiro atoms. The van der Waals surface area contributed by atoms with Gasteiger partial charge in [0.2, 0.25) is 0 Å². The zero-order valence-corrected chi connectivity index (χ0v) is 12.4. The zero-order chi connectivity index (χ0) is 14.0. The molecule has 20 heavy (non-hydrogen) atoms. The Morgan fingerprint density at radius 1 is 1.15 bits per heavy atom. The molecule has 3 rings (SSSR count). The molecule has 114 valence electrons. The molecule has 4 nitrogen and oxygen atoms in total. The van der Waals surface area contributed by atoms with Gasteiger partial charge in [0.25, 0.3) is 0 Å². The second-order valence-electron chi connectivity index (χ2n) is 6.91. The van der Waals surface area contributed by atoms with Gasteiger partial charge in [-0.15, -0.1) is 0 Å². The van der Waals surface area contributed by atoms with E-state index in [9.17, 15) is 4.79 Å². The molecular formula is C16H27NO3. The molecule has 2 unspecified atom stereocenters. The first-order valence-corrected chi connectivity index (χ1v) is 8.31. The van der Waals surface area contributed by atoms with E-state index in [1.54, 1.807) is 0 Å². The van der Waals surface area contributed by atoms with Gasteiger partial charge in [0.15, 0.2) is 0 Å². The maximum atomic E-state index is 10.9. The molecule has 2 heterocycles. The van der Waals surface area contributed by atoms with Crippen LogP contribution in [0, 0.1) is 0 Å². The first-order chi connectivity index (χ1) is 9.67. The van der Waals surface area contributed by atoms with Crippen LogP contribution in [0.5, 0.6) is 0 Å². The summed E-state index contributed by atoms with van der Waals surface area (Å²) in [6.45, 7) is 1.99. The number of ether oxygens (including phenoxy) is 1. The number of aliphatic carboxylic acids is 1. The van der Waals surface area contributed by atoms with Gasteiger partial charge in [-0.1, -0.05) is 19.3 Å². The van der Waals surface area contributed by atoms with E-state index in [2.05, 4.69) is 4.90 Å². The van der Waals surface area contributed by atoms with Crippen molar-refractivity contribution in [2.45, 2.75) is 82.0 Å². The lowest BCUT2D eigenvalue weighted by Gasteiger charge is -2.34. The molecule has 1 saturated carbocycles. The Bertz CT molecular complexity index is 352. The van der Waals surface area contributed by atoms with Gasteiger partial charge in [-0.05, 0) is 45.1 Å². The molecule has 0 radical (unpaired) electrons. The number of rotatable bonds is 4. The summed E-state index contributed by atoms with van der Waals surface area (Å²) < 4.78 is 6.42. The Balaban J connectivity index is 1.52. The molecule has 4 heteroatoms. The summed E-state index contributed by atoms with van der Waals surface area (Å²) in [7, 11) is 0. The topological polar surface area (TPSA) is 49.8 Å². The Hall–Kier alpha value is -0.610. The lowest BCUT2D eigenvalue weighted by molar-refractivity contribution is -0.138. The number of carbonyl (C=O) groups is 1. The first-order valence-electron chi connectivity index (χ1n) is 8.31. The van der Waals surface area contributed by atoms with Gasteiger partial charge in [-0.3, -0.25) is 9.69 Å². The molecule has 2 aliphatic heterocycles. The molecule has 3 fully saturated rings. The maximum Gasteiger partial charge on any atom is 0.304 e. The third kappa shape index (κ3) is 3.17. The van der Waals surface area contributed by atoms with Gasteiger partial charge in [0, 0.05) is 12.6 Å². The van der Waals surface area contributed by atoms with Crippen LogP contribution in [0.3, 0.4) is 0 Å². The second kappa shape index (κ2) is 6.02. The molecule has 0 amide bonds. The number of carboxylic acid groups (broad SMARTS) is 1. The van der Waals surface area contributed by atoms with Gasteiger partial charge < -0.3 is 9.84 Å². The summed E-state index contributed by atoms with van der Waals surface area (Å²) in [6.07, 6.45) is 11.6. The van der Waals surface area contributed by atoms with Crippen LogP contribution < -0.4 is 0 Å². The third-order valence-electron chi connectivity index (χ3n) is 5.45. The van der Waals surface area contributed by atoms with Crippen LogP contribution in [0.1, 0.15) is 64.2 Å². The van der Waals surface area contributed by atoms with Gasteiger partial charge in [0.1, 0.15) is 0 Å². The largest absolute Gasteiger partial charge is 0.481 e. The van der Waals surface area contributed by atoms with E-state index < -0.39 is 5.97 Å². The van der Waals surface area contributed by atoms with E-state index in [0.717, 1.165) is 32.4 Å². The molecule has 0 bridgehead atoms. The summed E-state index contributed by atoms with van der Waals surface area (Å²) in [4.78, 5) is 13.3. The minimum absolute atomic E-state index is 0.185. The second-order valence-corrected chi connectivity index (χ2v) is 6.91. The van der Waals surface area contributed by atoms with Crippen molar-refractivity contribution in [3.8, 4) is 0 Å². The van der Waals surface area contributed by atoms with E-state index in [0.29, 0.717) is 6.10 Å². The van der Waals surface area contributed by atoms with Crippen LogP contribution in [0.2, 0.25) is 0 Å². The average molecular weight is 281 g/mol. The molecule has 0 aromatic rings. The van der Waals surface area contributed by atoms with Crippen LogP contribution in [0.25, 0.3) is 0 Å². The van der Waals surface area contributed by atoms with E-state index in [1.807, 2.05) is 0 Å². The van der Waals surface area contributed by atoms with Crippen LogP contribution >= 0.6 is 0 Å². The Morgan fingerprint density at radius 2 is 1.95 bits per heavy atom. The predicted octanol–water partition coefficient (Wildman–Crippen LogP) is 2.81. The van der Waals surface area contributed by atoms with E-state index in [-0.39, 0.29) is 18.1 Å². The highest BCUT2D eigenvalue weighted by atomic mass is 16.5. The monoisotopic (exact) mass is 281 g/mol. The van der Waals surface area contributed by atoms with Crippen LogP contribution in [0.15, 0.2) is 0 Å². The van der Waals surface area contributed by atoms with Crippen LogP contribution in [-0.2, 0) is 9.53 Å². The summed E-state index contributed by atoms with van der Waals surface area (Å²) in [5.41, 5.74) is 0.185. The summed E-state index contributed by atoms with van der Waals surface area (Å²) in [5.74, 6) is -0.669. The van der Waals surface area contributed by atoms with Gasteiger partial charge >= 0.3 is 5.97 Å². The Morgan fingerprint density at radius 3 is 2.70 bits per heavy atom. The average Bonchev–Trinajstić information content (AvgIpc) is 2.99. The lowest BCUT2D eigenvalue weighted by atomic mass is 9.83. The molecule has 2 atom stereocenters. The van der Waals surface area contributed by atoms with Crippen molar-refractivity contribution in [1.82, 2.24) is 4.90 Å². The van der Waals surface area contributed by atoms with Crippen molar-refractivity contribution >= 4 is 5.97 Å². The molecule has 2 saturated heterocycles. The van der Waals surface area contributed by atoms with Crippen molar-refractivity contribution in [2.75, 3.05) is 13.1 Å². The number of nitrogens with zero attached hydrogens (tertiary/aromatic N) is 1. The normalized spacial score (nSPS) is 33.8. The zero-order valence-electron chi connectivity index (χ0n) is 12.4. The van der Waals surface area contributed by atoms with Crippen LogP contribution in [0.4, 0.5) is 0 Å². The smallest absolute Gasteiger partial charge is 0.304 e. The maximum absolute atomic E-state index is 10.9. The minimum Gasteiger partial charge on any atom is -0.481 e. The summed E-state index contributed by atoms with van der Waals surface area (Å²) in [6, 6.07) is 0.235. The van der Waals surface area contributed by atoms with Crippen molar-refractivity contribution in [3.05, 3.63) is 0 Å². The van der Waals surface area contributed by atoms with Crippen molar-refractivity contribution in [2.24, 2.45) is 0 Å². The highest BCUT2D eigenvalue weighted by Gasteiger charge is 2.42. The highest BCUT2D eigenvalue weighted by molar-refractivity contribution is 5.67. The number of likely N-dealkylation sites (tertiary alicyclic amines) is 1. The third-order valence-corrected chi connectivity index (χ3v) is 5.45. The summed E-state index contributed by atoms with van der Waals surface area (Å²) in [5, 5.41) is 8.99. The van der Waals surface area contributed by atoms with Crippen molar-refractivity contribution < 1.29 is 14.6 Å². The quantitative estimate of drug-likeness (QED) is 0.861. The van der Waals surface area contributed by atoms with Crippen molar-refractivity contribution in [3.63, 3.8) is 0 Å². The molecule has 1 aliphatic carbocycles. The first kappa shape index (κ1) is 14.3. The lowest BCUT2D eigenvalue weighted by Crippen LogP contribution is -2.39. The van der Waals surface area contributed by atoms with Crippen LogP contribution in [-0.4, -0.2) is 46.8 Å². The number of carboxylic acids is 1. The fraction of sp³-hybridized carbons (Fsp3) is 0.938. The van der Waals surface area contributed by atoms with E-state index >= 15 is 0 Å². The molecule has 1 N–H and O–H groups in total. The molecule has 0 aromatic carbocycles. The SMILES string of the molecule is O=C(O)CC1CCCN1CC1CCC2(CCCCC2)O1. The standard InChI is InChI=1S/C16H27NO3/c18-15(19)11-13-5-4-10-17(13)12-14-6-9-16(20-14)7-2-1-3-8-16/h13-14H,1-12H2,(H,18,19). The van der Waals surface area contributed by atoms with Gasteiger partial charge in [0.05, 0.1) is 18.1 Å². The fourth-order valence-electron chi connectivity index (χ4n) is 4.42. The summed E-state index contributed by atoms with van der Waals surface area (Å²) >= 11 is 0. The molecular weight excluding hydrogens is 254 g/mol. The van der Waals surface area contributed by atoms with Gasteiger partial charge in [-0.25, -0.2) is 0 Å². The Kier molecular flexibility index (Phi) is 4.32. The fourth-order valence-corrected chi connectivity index (χ4v) is 4.42. The van der Waals surface area contributed by atoms with E-state index in [1.165, 1.54) is 38.5 Å².